The van der Waals surface area contributed by atoms with Gasteiger partial charge in [0.2, 0.25) is 5.91 Å². The summed E-state index contributed by atoms with van der Waals surface area (Å²) in [6, 6.07) is 32.0. The van der Waals surface area contributed by atoms with Crippen LogP contribution in [0, 0.1) is 0 Å². The van der Waals surface area contributed by atoms with E-state index in [0.717, 1.165) is 26.1 Å². The predicted molar refractivity (Wildman–Crippen MR) is 141 cm³/mol. The van der Waals surface area contributed by atoms with Crippen molar-refractivity contribution in [1.82, 2.24) is 10.2 Å². The third-order valence-corrected chi connectivity index (χ3v) is 6.86. The molecule has 0 bridgehead atoms. The molecule has 0 saturated heterocycles. The van der Waals surface area contributed by atoms with Gasteiger partial charge in [0, 0.05) is 10.9 Å². The van der Waals surface area contributed by atoms with E-state index in [4.69, 9.17) is 0 Å². The van der Waals surface area contributed by atoms with Gasteiger partial charge in [-0.05, 0) is 41.0 Å². The van der Waals surface area contributed by atoms with Crippen molar-refractivity contribution in [2.24, 2.45) is 0 Å². The molecule has 0 aliphatic carbocycles. The fourth-order valence-electron chi connectivity index (χ4n) is 4.53. The molecule has 0 saturated carbocycles. The molecule has 36 heavy (non-hydrogen) atoms. The third kappa shape index (κ3) is 4.72. The minimum absolute atomic E-state index is 0.208. The van der Waals surface area contributed by atoms with Crippen LogP contribution in [0.3, 0.4) is 0 Å². The lowest BCUT2D eigenvalue weighted by Gasteiger charge is -2.28. The predicted octanol–water partition coefficient (Wildman–Crippen LogP) is 5.56. The van der Waals surface area contributed by atoms with Crippen LogP contribution in [0.5, 0.6) is 0 Å². The second kappa shape index (κ2) is 10.3. The molecule has 0 unspecified atom stereocenters. The zero-order valence-corrected chi connectivity index (χ0v) is 20.9. The Morgan fingerprint density at radius 3 is 1.78 bits per heavy atom. The lowest BCUT2D eigenvalue weighted by Crippen LogP contribution is -2.51. The van der Waals surface area contributed by atoms with E-state index >= 15 is 0 Å². The van der Waals surface area contributed by atoms with Gasteiger partial charge in [-0.25, -0.2) is 0 Å². The Morgan fingerprint density at radius 1 is 0.694 bits per heavy atom. The Bertz CT molecular complexity index is 1370. The molecule has 3 amide bonds. The zero-order valence-electron chi connectivity index (χ0n) is 19.3. The summed E-state index contributed by atoms with van der Waals surface area (Å²) in [5, 5.41) is 3.13. The van der Waals surface area contributed by atoms with Crippen LogP contribution in [0.25, 0.3) is 0 Å². The van der Waals surface area contributed by atoms with Gasteiger partial charge in [-0.1, -0.05) is 101 Å². The van der Waals surface area contributed by atoms with E-state index in [0.29, 0.717) is 11.1 Å². The molecule has 0 radical (unpaired) electrons. The van der Waals surface area contributed by atoms with Gasteiger partial charge in [-0.3, -0.25) is 19.3 Å². The average Bonchev–Trinajstić information content (AvgIpc) is 3.17. The summed E-state index contributed by atoms with van der Waals surface area (Å²) in [5.41, 5.74) is 3.28. The van der Waals surface area contributed by atoms with Crippen LogP contribution in [0.4, 0.5) is 0 Å². The zero-order chi connectivity index (χ0) is 25.1. The van der Waals surface area contributed by atoms with Crippen LogP contribution in [0.1, 0.15) is 43.4 Å². The van der Waals surface area contributed by atoms with Gasteiger partial charge in [0.15, 0.2) is 0 Å². The molecule has 4 aromatic carbocycles. The lowest BCUT2D eigenvalue weighted by molar-refractivity contribution is -0.125. The molecule has 0 aromatic heterocycles. The lowest BCUT2D eigenvalue weighted by atomic mass is 9.97. The number of hydrogen-bond acceptors (Lipinski definition) is 3. The highest BCUT2D eigenvalue weighted by Crippen LogP contribution is 2.28. The van der Waals surface area contributed by atoms with Crippen LogP contribution in [-0.2, 0) is 11.2 Å². The highest BCUT2D eigenvalue weighted by Gasteiger charge is 2.43. The summed E-state index contributed by atoms with van der Waals surface area (Å²) in [6.07, 6.45) is 0.208. The number of nitrogens with one attached hydrogen (secondary N) is 1. The van der Waals surface area contributed by atoms with Gasteiger partial charge >= 0.3 is 0 Å². The van der Waals surface area contributed by atoms with Crippen molar-refractivity contribution in [3.05, 3.63) is 141 Å². The van der Waals surface area contributed by atoms with Crippen molar-refractivity contribution < 1.29 is 14.4 Å². The summed E-state index contributed by atoms with van der Waals surface area (Å²) in [4.78, 5) is 41.7. The molecular formula is C30H23BrN2O3. The molecule has 5 rings (SSSR count). The fourth-order valence-corrected chi connectivity index (χ4v) is 4.79. The van der Waals surface area contributed by atoms with Crippen molar-refractivity contribution >= 4 is 33.7 Å². The Balaban J connectivity index is 1.52. The second-order valence-electron chi connectivity index (χ2n) is 8.64. The quantitative estimate of drug-likeness (QED) is 0.313. The van der Waals surface area contributed by atoms with E-state index in [1.54, 1.807) is 24.3 Å². The molecule has 5 nitrogen and oxygen atoms in total. The first kappa shape index (κ1) is 23.7. The van der Waals surface area contributed by atoms with Crippen LogP contribution >= 0.6 is 15.9 Å². The molecule has 2 atom stereocenters. The van der Waals surface area contributed by atoms with Crippen molar-refractivity contribution in [2.45, 2.75) is 18.5 Å². The number of rotatable bonds is 7. The Morgan fingerprint density at radius 2 is 1.19 bits per heavy atom. The Hall–Kier alpha value is -4.03. The first-order valence-electron chi connectivity index (χ1n) is 11.6. The summed E-state index contributed by atoms with van der Waals surface area (Å²) in [6.45, 7) is 0. The van der Waals surface area contributed by atoms with Gasteiger partial charge < -0.3 is 5.32 Å². The maximum Gasteiger partial charge on any atom is 0.262 e. The molecule has 1 heterocycles. The number of hydrogen-bond donors (Lipinski definition) is 1. The van der Waals surface area contributed by atoms with Crippen molar-refractivity contribution in [1.29, 1.82) is 0 Å². The maximum absolute atomic E-state index is 13.9. The highest BCUT2D eigenvalue weighted by molar-refractivity contribution is 9.10. The van der Waals surface area contributed by atoms with Gasteiger partial charge in [-0.2, -0.15) is 0 Å². The van der Waals surface area contributed by atoms with Crippen LogP contribution in [-0.4, -0.2) is 28.7 Å². The standard InChI is InChI=1S/C30H23BrN2O3/c31-23-17-15-22(16-18-23)27(21-11-5-2-6-12-21)32-28(34)26(19-20-9-3-1-4-10-20)33-29(35)24-13-7-8-14-25(24)30(33)36/h1-18,26-27H,19H2,(H,32,34)/t26-,27-/m1/s1. The monoisotopic (exact) mass is 538 g/mol. The van der Waals surface area contributed by atoms with E-state index < -0.39 is 29.8 Å². The molecule has 1 aliphatic rings. The molecule has 0 spiro atoms. The van der Waals surface area contributed by atoms with Gasteiger partial charge in [0.1, 0.15) is 6.04 Å². The van der Waals surface area contributed by atoms with Crippen LogP contribution in [0.2, 0.25) is 0 Å². The third-order valence-electron chi connectivity index (χ3n) is 6.33. The minimum Gasteiger partial charge on any atom is -0.343 e. The number of fused-ring (bicyclic) bond motifs is 1. The summed E-state index contributed by atoms with van der Waals surface area (Å²) in [5.74, 6) is -1.30. The van der Waals surface area contributed by atoms with Crippen molar-refractivity contribution in [3.63, 3.8) is 0 Å². The molecule has 1 N–H and O–H groups in total. The van der Waals surface area contributed by atoms with Gasteiger partial charge in [0.25, 0.3) is 11.8 Å². The summed E-state index contributed by atoms with van der Waals surface area (Å²) < 4.78 is 0.928. The van der Waals surface area contributed by atoms with E-state index in [1.165, 1.54) is 0 Å². The average molecular weight is 539 g/mol. The fraction of sp³-hybridized carbons (Fsp3) is 0.100. The topological polar surface area (TPSA) is 66.5 Å². The van der Waals surface area contributed by atoms with E-state index in [2.05, 4.69) is 21.2 Å². The number of halogens is 1. The molecule has 178 valence electrons. The number of nitrogens with zero attached hydrogens (tertiary/aromatic N) is 1. The number of amides is 3. The molecule has 6 heteroatoms. The van der Waals surface area contributed by atoms with Crippen molar-refractivity contribution in [2.75, 3.05) is 0 Å². The van der Waals surface area contributed by atoms with E-state index in [-0.39, 0.29) is 6.42 Å². The maximum atomic E-state index is 13.9. The smallest absolute Gasteiger partial charge is 0.262 e. The number of imide groups is 1. The number of benzene rings is 4. The summed E-state index contributed by atoms with van der Waals surface area (Å²) >= 11 is 3.47. The minimum atomic E-state index is -1.01. The van der Waals surface area contributed by atoms with Gasteiger partial charge in [0.05, 0.1) is 17.2 Å². The molecule has 1 aliphatic heterocycles. The number of carbonyl (C=O) groups excluding carboxylic acids is 3. The van der Waals surface area contributed by atoms with Crippen LogP contribution < -0.4 is 5.32 Å². The molecule has 0 fully saturated rings. The Kier molecular flexibility index (Phi) is 6.78. The van der Waals surface area contributed by atoms with E-state index in [9.17, 15) is 14.4 Å². The number of carbonyl (C=O) groups is 3. The highest BCUT2D eigenvalue weighted by atomic mass is 79.9. The van der Waals surface area contributed by atoms with E-state index in [1.807, 2.05) is 84.9 Å². The first-order chi connectivity index (χ1) is 17.5. The van der Waals surface area contributed by atoms with Crippen molar-refractivity contribution in [3.8, 4) is 0 Å². The van der Waals surface area contributed by atoms with Crippen LogP contribution in [0.15, 0.2) is 114 Å². The summed E-state index contributed by atoms with van der Waals surface area (Å²) in [7, 11) is 0. The molecular weight excluding hydrogens is 516 g/mol. The second-order valence-corrected chi connectivity index (χ2v) is 9.55. The Labute approximate surface area is 217 Å². The largest absolute Gasteiger partial charge is 0.343 e. The normalized spacial score (nSPS) is 14.3. The SMILES string of the molecule is O=C(N[C@H](c1ccccc1)c1ccc(Br)cc1)[C@@H](Cc1ccccc1)N1C(=O)c2ccccc2C1=O. The first-order valence-corrected chi connectivity index (χ1v) is 12.4. The molecule has 4 aromatic rings. The van der Waals surface area contributed by atoms with Gasteiger partial charge in [-0.15, -0.1) is 0 Å².